The van der Waals surface area contributed by atoms with Gasteiger partial charge >= 0.3 is 5.97 Å². The maximum atomic E-state index is 11.5. The Bertz CT molecular complexity index is 394. The number of aliphatic carboxylic acids is 1. The molecule has 0 heterocycles. The van der Waals surface area contributed by atoms with Crippen LogP contribution in [0.1, 0.15) is 11.6 Å². The molecule has 1 amide bonds. The van der Waals surface area contributed by atoms with Gasteiger partial charge in [-0.15, -0.1) is 0 Å². The summed E-state index contributed by atoms with van der Waals surface area (Å²) in [5.41, 5.74) is 6.28. The lowest BCUT2D eigenvalue weighted by Gasteiger charge is -2.13. The highest BCUT2D eigenvalue weighted by molar-refractivity contribution is 5.83. The molecule has 5 N–H and O–H groups in total. The van der Waals surface area contributed by atoms with Gasteiger partial charge in [0.2, 0.25) is 5.91 Å². The molecule has 0 aliphatic rings. The maximum absolute atomic E-state index is 11.5. The van der Waals surface area contributed by atoms with Crippen LogP contribution in [-0.2, 0) is 9.59 Å². The number of benzene rings is 1. The van der Waals surface area contributed by atoms with Gasteiger partial charge in [0.05, 0.1) is 6.54 Å². The molecule has 0 fully saturated rings. The summed E-state index contributed by atoms with van der Waals surface area (Å²) in [6.45, 7) is -0.366. The van der Waals surface area contributed by atoms with E-state index in [1.807, 2.05) is 0 Å². The summed E-state index contributed by atoms with van der Waals surface area (Å²) in [5.74, 6) is -1.92. The van der Waals surface area contributed by atoms with Crippen molar-refractivity contribution in [1.29, 1.82) is 0 Å². The fourth-order valence-corrected chi connectivity index (χ4v) is 1.21. The van der Waals surface area contributed by atoms with Gasteiger partial charge in [0.25, 0.3) is 0 Å². The van der Waals surface area contributed by atoms with E-state index in [0.29, 0.717) is 5.56 Å². The molecule has 6 nitrogen and oxygen atoms in total. The number of rotatable bonds is 5. The summed E-state index contributed by atoms with van der Waals surface area (Å²) in [6, 6.07) is 7.79. The summed E-state index contributed by atoms with van der Waals surface area (Å²) in [5, 5.41) is 19.7. The summed E-state index contributed by atoms with van der Waals surface area (Å²) in [6.07, 6.45) is -1.62. The first kappa shape index (κ1) is 13.1. The maximum Gasteiger partial charge on any atom is 0.334 e. The minimum Gasteiger partial charge on any atom is -0.479 e. The van der Waals surface area contributed by atoms with Gasteiger partial charge in [0.1, 0.15) is 6.04 Å². The van der Waals surface area contributed by atoms with Crippen LogP contribution in [0.5, 0.6) is 0 Å². The highest BCUT2D eigenvalue weighted by atomic mass is 16.4. The molecule has 0 spiro atoms. The van der Waals surface area contributed by atoms with Crippen LogP contribution in [0.25, 0.3) is 0 Å². The lowest BCUT2D eigenvalue weighted by Crippen LogP contribution is -2.40. The highest BCUT2D eigenvalue weighted by Crippen LogP contribution is 2.08. The second-order valence-corrected chi connectivity index (χ2v) is 3.49. The largest absolute Gasteiger partial charge is 0.479 e. The van der Waals surface area contributed by atoms with Gasteiger partial charge in [-0.05, 0) is 5.56 Å². The molecule has 1 aromatic rings. The Labute approximate surface area is 98.1 Å². The highest BCUT2D eigenvalue weighted by Gasteiger charge is 2.18. The van der Waals surface area contributed by atoms with Crippen molar-refractivity contribution < 1.29 is 19.8 Å². The van der Waals surface area contributed by atoms with Gasteiger partial charge in [-0.25, -0.2) is 4.79 Å². The predicted octanol–water partition coefficient (Wildman–Crippen LogP) is -0.752. The molecule has 0 saturated carbocycles. The Morgan fingerprint density at radius 3 is 2.41 bits per heavy atom. The van der Waals surface area contributed by atoms with Crippen molar-refractivity contribution in [3.05, 3.63) is 35.9 Å². The normalized spacial score (nSPS) is 13.8. The molecule has 1 aromatic carbocycles. The third kappa shape index (κ3) is 3.86. The zero-order valence-electron chi connectivity index (χ0n) is 9.04. The van der Waals surface area contributed by atoms with Gasteiger partial charge in [-0.1, -0.05) is 30.3 Å². The SMILES string of the molecule is N[C@H](C(=O)NCC(O)C(=O)O)c1ccccc1. The van der Waals surface area contributed by atoms with Gasteiger partial charge in [0.15, 0.2) is 6.10 Å². The third-order valence-electron chi connectivity index (χ3n) is 2.20. The number of carboxylic acids is 1. The van der Waals surface area contributed by atoms with Crippen molar-refractivity contribution in [2.75, 3.05) is 6.54 Å². The molecule has 0 radical (unpaired) electrons. The predicted molar refractivity (Wildman–Crippen MR) is 60.0 cm³/mol. The zero-order chi connectivity index (χ0) is 12.8. The average Bonchev–Trinajstić information content (AvgIpc) is 2.35. The molecular weight excluding hydrogens is 224 g/mol. The van der Waals surface area contributed by atoms with E-state index in [2.05, 4.69) is 5.32 Å². The summed E-state index contributed by atoms with van der Waals surface area (Å²) >= 11 is 0. The number of carboxylic acid groups (broad SMARTS) is 1. The van der Waals surface area contributed by atoms with Crippen LogP contribution in [0.4, 0.5) is 0 Å². The van der Waals surface area contributed by atoms with E-state index in [1.54, 1.807) is 30.3 Å². The van der Waals surface area contributed by atoms with Gasteiger partial charge < -0.3 is 21.3 Å². The molecule has 2 atom stereocenters. The first-order chi connectivity index (χ1) is 8.02. The summed E-state index contributed by atoms with van der Waals surface area (Å²) in [4.78, 5) is 21.8. The number of amides is 1. The second-order valence-electron chi connectivity index (χ2n) is 3.49. The van der Waals surface area contributed by atoms with Crippen LogP contribution in [0.2, 0.25) is 0 Å². The molecule has 0 aliphatic heterocycles. The minimum atomic E-state index is -1.62. The second kappa shape index (κ2) is 5.97. The molecule has 0 bridgehead atoms. The number of aliphatic hydroxyl groups excluding tert-OH is 1. The molecular formula is C11H14N2O4. The molecule has 1 rings (SSSR count). The lowest BCUT2D eigenvalue weighted by atomic mass is 10.1. The number of aliphatic hydroxyl groups is 1. The Hall–Kier alpha value is -1.92. The molecule has 6 heteroatoms. The van der Waals surface area contributed by atoms with Gasteiger partial charge in [-0.3, -0.25) is 4.79 Å². The van der Waals surface area contributed by atoms with Crippen LogP contribution >= 0.6 is 0 Å². The monoisotopic (exact) mass is 238 g/mol. The Kier molecular flexibility index (Phi) is 4.62. The fraction of sp³-hybridized carbons (Fsp3) is 0.273. The standard InChI is InChI=1S/C11H14N2O4/c12-9(7-4-2-1-3-5-7)10(15)13-6-8(14)11(16)17/h1-5,8-9,14H,6,12H2,(H,13,15)(H,16,17)/t8?,9-/m0/s1. The first-order valence-electron chi connectivity index (χ1n) is 5.01. The van der Waals surface area contributed by atoms with Crippen molar-refractivity contribution >= 4 is 11.9 Å². The van der Waals surface area contributed by atoms with E-state index >= 15 is 0 Å². The summed E-state index contributed by atoms with van der Waals surface area (Å²) in [7, 11) is 0. The number of hydrogen-bond acceptors (Lipinski definition) is 4. The van der Waals surface area contributed by atoms with E-state index in [0.717, 1.165) is 0 Å². The topological polar surface area (TPSA) is 113 Å². The Morgan fingerprint density at radius 1 is 1.29 bits per heavy atom. The van der Waals surface area contributed by atoms with Crippen molar-refractivity contribution in [2.24, 2.45) is 5.73 Å². The number of nitrogens with two attached hydrogens (primary N) is 1. The van der Waals surface area contributed by atoms with Gasteiger partial charge in [0, 0.05) is 0 Å². The number of hydrogen-bond donors (Lipinski definition) is 4. The zero-order valence-corrected chi connectivity index (χ0v) is 9.04. The van der Waals surface area contributed by atoms with Crippen LogP contribution < -0.4 is 11.1 Å². The number of carbonyl (C=O) groups excluding carboxylic acids is 1. The fourth-order valence-electron chi connectivity index (χ4n) is 1.21. The molecule has 17 heavy (non-hydrogen) atoms. The van der Waals surface area contributed by atoms with Crippen LogP contribution in [0, 0.1) is 0 Å². The number of nitrogens with one attached hydrogen (secondary N) is 1. The van der Waals surface area contributed by atoms with E-state index in [-0.39, 0.29) is 6.54 Å². The van der Waals surface area contributed by atoms with Crippen LogP contribution in [0.3, 0.4) is 0 Å². The van der Waals surface area contributed by atoms with Crippen molar-refractivity contribution in [3.8, 4) is 0 Å². The van der Waals surface area contributed by atoms with Crippen molar-refractivity contribution in [2.45, 2.75) is 12.1 Å². The average molecular weight is 238 g/mol. The smallest absolute Gasteiger partial charge is 0.334 e. The van der Waals surface area contributed by atoms with E-state index < -0.39 is 24.0 Å². The van der Waals surface area contributed by atoms with Gasteiger partial charge in [-0.2, -0.15) is 0 Å². The quantitative estimate of drug-likeness (QED) is 0.539. The minimum absolute atomic E-state index is 0.366. The summed E-state index contributed by atoms with van der Waals surface area (Å²) < 4.78 is 0. The Balaban J connectivity index is 2.51. The van der Waals surface area contributed by atoms with Crippen molar-refractivity contribution in [1.82, 2.24) is 5.32 Å². The molecule has 92 valence electrons. The molecule has 0 saturated heterocycles. The Morgan fingerprint density at radius 2 is 1.88 bits per heavy atom. The van der Waals surface area contributed by atoms with E-state index in [9.17, 15) is 9.59 Å². The van der Waals surface area contributed by atoms with E-state index in [1.165, 1.54) is 0 Å². The molecule has 0 aromatic heterocycles. The third-order valence-corrected chi connectivity index (χ3v) is 2.20. The molecule has 0 aliphatic carbocycles. The number of carbonyl (C=O) groups is 2. The first-order valence-corrected chi connectivity index (χ1v) is 5.01. The van der Waals surface area contributed by atoms with Crippen molar-refractivity contribution in [3.63, 3.8) is 0 Å². The molecule has 1 unspecified atom stereocenters. The van der Waals surface area contributed by atoms with Crippen LogP contribution in [0.15, 0.2) is 30.3 Å². The van der Waals surface area contributed by atoms with E-state index in [4.69, 9.17) is 15.9 Å². The van der Waals surface area contributed by atoms with Crippen LogP contribution in [-0.4, -0.2) is 34.7 Å². The lowest BCUT2D eigenvalue weighted by molar-refractivity contribution is -0.146.